The van der Waals surface area contributed by atoms with Gasteiger partial charge in [-0.25, -0.2) is 8.42 Å². The minimum atomic E-state index is -3.58. The Labute approximate surface area is 179 Å². The quantitative estimate of drug-likeness (QED) is 0.499. The average molecular weight is 422 g/mol. The van der Waals surface area contributed by atoms with Gasteiger partial charge in [-0.1, -0.05) is 54.1 Å². The third-order valence-corrected chi connectivity index (χ3v) is 7.33. The van der Waals surface area contributed by atoms with Crippen molar-refractivity contribution in [2.24, 2.45) is 0 Å². The molecule has 2 aromatic rings. The minimum absolute atomic E-state index is 0.0581. The lowest BCUT2D eigenvalue weighted by Gasteiger charge is -2.15. The van der Waals surface area contributed by atoms with Gasteiger partial charge in [-0.2, -0.15) is 4.31 Å². The Balaban J connectivity index is 1.91. The Hall–Kier alpha value is -2.76. The number of carbonyl (C=O) groups excluding carboxylic acids is 1. The number of nitrogens with zero attached hydrogens (tertiary/aromatic N) is 1. The Bertz CT molecular complexity index is 1140. The SMILES string of the molecule is C\C=C1/CN(S(=O)(=O)c2ccc(C)cc2)C/C1=C(C)\C(C)=C\C(=O)c1ccccc1. The van der Waals surface area contributed by atoms with Crippen LogP contribution >= 0.6 is 0 Å². The van der Waals surface area contributed by atoms with E-state index in [-0.39, 0.29) is 5.78 Å². The molecule has 1 fully saturated rings. The van der Waals surface area contributed by atoms with Crippen molar-refractivity contribution < 1.29 is 13.2 Å². The second-order valence-corrected chi connectivity index (χ2v) is 9.50. The van der Waals surface area contributed by atoms with E-state index in [1.54, 1.807) is 30.3 Å². The second kappa shape index (κ2) is 8.94. The molecule has 0 aliphatic carbocycles. The number of hydrogen-bond donors (Lipinski definition) is 0. The molecular formula is C25H27NO3S. The highest BCUT2D eigenvalue weighted by Gasteiger charge is 2.33. The number of aryl methyl sites for hydroxylation is 1. The Kier molecular flexibility index (Phi) is 6.54. The van der Waals surface area contributed by atoms with Crippen LogP contribution in [0.5, 0.6) is 0 Å². The molecule has 0 radical (unpaired) electrons. The molecule has 0 spiro atoms. The fourth-order valence-corrected chi connectivity index (χ4v) is 4.89. The molecule has 0 aromatic heterocycles. The highest BCUT2D eigenvalue weighted by Crippen LogP contribution is 2.32. The van der Waals surface area contributed by atoms with Crippen molar-refractivity contribution in [1.29, 1.82) is 0 Å². The second-order valence-electron chi connectivity index (χ2n) is 7.56. The van der Waals surface area contributed by atoms with Crippen molar-refractivity contribution in [1.82, 2.24) is 4.31 Å². The Morgan fingerprint density at radius 1 is 0.967 bits per heavy atom. The van der Waals surface area contributed by atoms with Gasteiger partial charge in [0, 0.05) is 18.7 Å². The van der Waals surface area contributed by atoms with Crippen LogP contribution in [0.25, 0.3) is 0 Å². The molecule has 0 amide bonds. The summed E-state index contributed by atoms with van der Waals surface area (Å²) < 4.78 is 27.7. The maximum absolute atomic E-state index is 13.1. The lowest BCUT2D eigenvalue weighted by molar-refractivity contribution is 0.104. The molecule has 3 rings (SSSR count). The van der Waals surface area contributed by atoms with E-state index in [9.17, 15) is 13.2 Å². The van der Waals surface area contributed by atoms with Gasteiger partial charge in [-0.15, -0.1) is 0 Å². The predicted molar refractivity (Wildman–Crippen MR) is 121 cm³/mol. The molecule has 30 heavy (non-hydrogen) atoms. The van der Waals surface area contributed by atoms with Crippen molar-refractivity contribution in [2.45, 2.75) is 32.6 Å². The molecule has 0 atom stereocenters. The topological polar surface area (TPSA) is 54.5 Å². The maximum Gasteiger partial charge on any atom is 0.243 e. The van der Waals surface area contributed by atoms with E-state index >= 15 is 0 Å². The summed E-state index contributed by atoms with van der Waals surface area (Å²) in [7, 11) is -3.58. The number of carbonyl (C=O) groups is 1. The molecule has 0 bridgehead atoms. The van der Waals surface area contributed by atoms with Crippen LogP contribution in [0.15, 0.2) is 93.9 Å². The molecule has 0 unspecified atom stereocenters. The zero-order valence-electron chi connectivity index (χ0n) is 17.8. The smallest absolute Gasteiger partial charge is 0.243 e. The van der Waals surface area contributed by atoms with Gasteiger partial charge in [0.15, 0.2) is 5.78 Å². The van der Waals surface area contributed by atoms with Crippen molar-refractivity contribution in [3.05, 3.63) is 100 Å². The van der Waals surface area contributed by atoms with Gasteiger partial charge in [-0.3, -0.25) is 4.79 Å². The molecule has 1 saturated heterocycles. The first-order valence-corrected chi connectivity index (χ1v) is 11.4. The van der Waals surface area contributed by atoms with Crippen molar-refractivity contribution in [3.63, 3.8) is 0 Å². The molecule has 2 aromatic carbocycles. The lowest BCUT2D eigenvalue weighted by atomic mass is 9.97. The Morgan fingerprint density at radius 2 is 1.60 bits per heavy atom. The summed E-state index contributed by atoms with van der Waals surface area (Å²) in [6, 6.07) is 16.0. The first kappa shape index (κ1) is 21.9. The van der Waals surface area contributed by atoms with E-state index in [0.29, 0.717) is 23.5 Å². The van der Waals surface area contributed by atoms with Crippen LogP contribution in [0, 0.1) is 6.92 Å². The molecule has 0 saturated carbocycles. The molecule has 156 valence electrons. The van der Waals surface area contributed by atoms with Gasteiger partial charge in [0.25, 0.3) is 0 Å². The number of rotatable bonds is 5. The first-order chi connectivity index (χ1) is 14.2. The van der Waals surface area contributed by atoms with E-state index in [2.05, 4.69) is 0 Å². The van der Waals surface area contributed by atoms with Crippen LogP contribution in [0.3, 0.4) is 0 Å². The van der Waals surface area contributed by atoms with Crippen LogP contribution in [-0.2, 0) is 10.0 Å². The van der Waals surface area contributed by atoms with Crippen molar-refractivity contribution in [3.8, 4) is 0 Å². The zero-order valence-corrected chi connectivity index (χ0v) is 18.7. The lowest BCUT2D eigenvalue weighted by Crippen LogP contribution is -2.28. The summed E-state index contributed by atoms with van der Waals surface area (Å²) in [6.45, 7) is 8.32. The monoisotopic (exact) mass is 421 g/mol. The third kappa shape index (κ3) is 4.53. The van der Waals surface area contributed by atoms with Crippen LogP contribution in [0.2, 0.25) is 0 Å². The molecule has 1 aliphatic heterocycles. The molecule has 1 heterocycles. The van der Waals surface area contributed by atoms with E-state index < -0.39 is 10.0 Å². The van der Waals surface area contributed by atoms with Crippen molar-refractivity contribution in [2.75, 3.05) is 13.1 Å². The van der Waals surface area contributed by atoms with Crippen LogP contribution < -0.4 is 0 Å². The van der Waals surface area contributed by atoms with Crippen LogP contribution in [0.1, 0.15) is 36.7 Å². The van der Waals surface area contributed by atoms with E-state index in [0.717, 1.165) is 27.9 Å². The minimum Gasteiger partial charge on any atom is -0.289 e. The van der Waals surface area contributed by atoms with Gasteiger partial charge in [0.2, 0.25) is 10.0 Å². The zero-order chi connectivity index (χ0) is 21.9. The number of benzene rings is 2. The molecular weight excluding hydrogens is 394 g/mol. The fraction of sp³-hybridized carbons (Fsp3) is 0.240. The largest absolute Gasteiger partial charge is 0.289 e. The molecule has 4 nitrogen and oxygen atoms in total. The van der Waals surface area contributed by atoms with Crippen LogP contribution in [-0.4, -0.2) is 31.6 Å². The predicted octanol–water partition coefficient (Wildman–Crippen LogP) is 5.09. The van der Waals surface area contributed by atoms with Gasteiger partial charge in [0.1, 0.15) is 0 Å². The Morgan fingerprint density at radius 3 is 2.20 bits per heavy atom. The summed E-state index contributed by atoms with van der Waals surface area (Å²) >= 11 is 0. The molecule has 1 aliphatic rings. The number of sulfonamides is 1. The van der Waals surface area contributed by atoms with E-state index in [4.69, 9.17) is 0 Å². The maximum atomic E-state index is 13.1. The van der Waals surface area contributed by atoms with Gasteiger partial charge >= 0.3 is 0 Å². The van der Waals surface area contributed by atoms with E-state index in [1.807, 2.05) is 64.1 Å². The van der Waals surface area contributed by atoms with Gasteiger partial charge < -0.3 is 0 Å². The summed E-state index contributed by atoms with van der Waals surface area (Å²) in [5, 5.41) is 0. The first-order valence-electron chi connectivity index (χ1n) is 9.94. The highest BCUT2D eigenvalue weighted by molar-refractivity contribution is 7.89. The van der Waals surface area contributed by atoms with Crippen LogP contribution in [0.4, 0.5) is 0 Å². The number of hydrogen-bond acceptors (Lipinski definition) is 3. The van der Waals surface area contributed by atoms with E-state index in [1.165, 1.54) is 4.31 Å². The molecule has 0 N–H and O–H groups in total. The summed E-state index contributed by atoms with van der Waals surface area (Å²) in [5.41, 5.74) is 5.37. The normalized spacial score (nSPS) is 18.7. The van der Waals surface area contributed by atoms with Gasteiger partial charge in [0.05, 0.1) is 4.90 Å². The highest BCUT2D eigenvalue weighted by atomic mass is 32.2. The third-order valence-electron chi connectivity index (χ3n) is 5.53. The summed E-state index contributed by atoms with van der Waals surface area (Å²) in [5.74, 6) is -0.0581. The fourth-order valence-electron chi connectivity index (χ4n) is 3.50. The number of allylic oxidation sites excluding steroid dienone is 4. The summed E-state index contributed by atoms with van der Waals surface area (Å²) in [6.07, 6.45) is 3.58. The van der Waals surface area contributed by atoms with Crippen molar-refractivity contribution >= 4 is 15.8 Å². The average Bonchev–Trinajstić information content (AvgIpc) is 3.19. The van der Waals surface area contributed by atoms with Gasteiger partial charge in [-0.05, 0) is 68.2 Å². The number of ketones is 1. The summed E-state index contributed by atoms with van der Waals surface area (Å²) in [4.78, 5) is 12.8. The standard InChI is InChI=1S/C25H27NO3S/c1-5-21-16-26(30(28,29)23-13-11-18(2)12-14-23)17-24(21)20(4)19(3)15-25(27)22-9-7-6-8-10-22/h5-15H,16-17H2,1-4H3/b19-15+,21-5+,24-20+. The molecule has 5 heteroatoms.